The lowest BCUT2D eigenvalue weighted by molar-refractivity contribution is -0.130. The number of hydrogen-bond donors (Lipinski definition) is 1. The first-order valence-electron chi connectivity index (χ1n) is 7.99. The quantitative estimate of drug-likeness (QED) is 0.833. The van der Waals surface area contributed by atoms with Crippen LogP contribution in [0.25, 0.3) is 0 Å². The molecule has 1 N–H and O–H groups in total. The Hall–Kier alpha value is -1.35. The van der Waals surface area contributed by atoms with Gasteiger partial charge in [0, 0.05) is 32.1 Å². The van der Waals surface area contributed by atoms with Crippen LogP contribution in [0, 0.1) is 20.8 Å². The zero-order valence-corrected chi connectivity index (χ0v) is 14.4. The molecule has 0 bridgehead atoms. The van der Waals surface area contributed by atoms with Crippen molar-refractivity contribution in [2.45, 2.75) is 54.0 Å². The van der Waals surface area contributed by atoms with Gasteiger partial charge in [-0.3, -0.25) is 4.79 Å². The van der Waals surface area contributed by atoms with Crippen molar-refractivity contribution >= 4 is 5.91 Å². The summed E-state index contributed by atoms with van der Waals surface area (Å²) in [6.45, 7) is 15.0. The Morgan fingerprint density at radius 3 is 2.14 bits per heavy atom. The molecule has 0 spiro atoms. The fraction of sp³-hybridized carbons (Fsp3) is 0.611. The molecular weight excluding hydrogens is 260 g/mol. The maximum Gasteiger partial charge on any atom is 0.223 e. The van der Waals surface area contributed by atoms with E-state index < -0.39 is 0 Å². The molecule has 0 aromatic heterocycles. The first kappa shape index (κ1) is 17.7. The van der Waals surface area contributed by atoms with E-state index in [2.05, 4.69) is 45.1 Å². The molecular formula is C18H30N2O. The van der Waals surface area contributed by atoms with Crippen LogP contribution < -0.4 is 5.32 Å². The fourth-order valence-electron chi connectivity index (χ4n) is 3.11. The molecule has 0 saturated heterocycles. The first-order valence-corrected chi connectivity index (χ1v) is 7.99. The highest BCUT2D eigenvalue weighted by molar-refractivity contribution is 5.76. The van der Waals surface area contributed by atoms with E-state index in [0.717, 1.165) is 19.6 Å². The van der Waals surface area contributed by atoms with E-state index in [4.69, 9.17) is 0 Å². The smallest absolute Gasteiger partial charge is 0.223 e. The Kier molecular flexibility index (Phi) is 6.90. The van der Waals surface area contributed by atoms with E-state index in [9.17, 15) is 4.79 Å². The largest absolute Gasteiger partial charge is 0.343 e. The molecule has 1 amide bonds. The summed E-state index contributed by atoms with van der Waals surface area (Å²) in [5.74, 6) is 0.233. The topological polar surface area (TPSA) is 32.3 Å². The number of benzene rings is 1. The SMILES string of the molecule is CCN(CC)C(=O)CCNC(C)c1c(C)cc(C)cc1C. The minimum Gasteiger partial charge on any atom is -0.343 e. The van der Waals surface area contributed by atoms with Crippen LogP contribution in [-0.4, -0.2) is 30.4 Å². The van der Waals surface area contributed by atoms with Crippen molar-refractivity contribution in [3.8, 4) is 0 Å². The van der Waals surface area contributed by atoms with Crippen molar-refractivity contribution < 1.29 is 4.79 Å². The predicted octanol–water partition coefficient (Wildman–Crippen LogP) is 3.52. The second kappa shape index (κ2) is 8.18. The monoisotopic (exact) mass is 290 g/mol. The zero-order chi connectivity index (χ0) is 16.0. The van der Waals surface area contributed by atoms with Gasteiger partial charge in [-0.05, 0) is 58.2 Å². The summed E-state index contributed by atoms with van der Waals surface area (Å²) in [5, 5.41) is 3.49. The molecule has 0 saturated carbocycles. The molecule has 0 radical (unpaired) electrons. The summed E-state index contributed by atoms with van der Waals surface area (Å²) in [4.78, 5) is 13.9. The van der Waals surface area contributed by atoms with Crippen LogP contribution in [0.2, 0.25) is 0 Å². The highest BCUT2D eigenvalue weighted by Gasteiger charge is 2.13. The lowest BCUT2D eigenvalue weighted by Crippen LogP contribution is -2.33. The number of aryl methyl sites for hydroxylation is 3. The van der Waals surface area contributed by atoms with Crippen LogP contribution >= 0.6 is 0 Å². The molecule has 21 heavy (non-hydrogen) atoms. The highest BCUT2D eigenvalue weighted by Crippen LogP contribution is 2.23. The molecule has 1 aromatic rings. The van der Waals surface area contributed by atoms with Gasteiger partial charge in [-0.25, -0.2) is 0 Å². The van der Waals surface area contributed by atoms with Gasteiger partial charge in [-0.2, -0.15) is 0 Å². The Morgan fingerprint density at radius 1 is 1.14 bits per heavy atom. The van der Waals surface area contributed by atoms with Crippen molar-refractivity contribution in [3.05, 3.63) is 34.4 Å². The van der Waals surface area contributed by atoms with Crippen molar-refractivity contribution in [1.29, 1.82) is 0 Å². The number of nitrogens with zero attached hydrogens (tertiary/aromatic N) is 1. The fourth-order valence-corrected chi connectivity index (χ4v) is 3.11. The molecule has 0 aliphatic carbocycles. The molecule has 3 nitrogen and oxygen atoms in total. The number of hydrogen-bond acceptors (Lipinski definition) is 2. The second-order valence-corrected chi connectivity index (χ2v) is 5.80. The van der Waals surface area contributed by atoms with Crippen molar-refractivity contribution in [1.82, 2.24) is 10.2 Å². The van der Waals surface area contributed by atoms with Gasteiger partial charge in [0.25, 0.3) is 0 Å². The third-order valence-corrected chi connectivity index (χ3v) is 4.08. The summed E-state index contributed by atoms with van der Waals surface area (Å²) >= 11 is 0. The summed E-state index contributed by atoms with van der Waals surface area (Å²) in [6, 6.07) is 4.72. The normalized spacial score (nSPS) is 12.3. The molecule has 1 unspecified atom stereocenters. The van der Waals surface area contributed by atoms with Crippen LogP contribution in [0.4, 0.5) is 0 Å². The number of carbonyl (C=O) groups is 1. The van der Waals surface area contributed by atoms with E-state index in [-0.39, 0.29) is 11.9 Å². The summed E-state index contributed by atoms with van der Waals surface area (Å²) < 4.78 is 0. The van der Waals surface area contributed by atoms with Crippen LogP contribution in [0.5, 0.6) is 0 Å². The van der Waals surface area contributed by atoms with E-state index in [0.29, 0.717) is 6.42 Å². The van der Waals surface area contributed by atoms with Gasteiger partial charge >= 0.3 is 0 Å². The number of nitrogens with one attached hydrogen (secondary N) is 1. The molecule has 0 aliphatic heterocycles. The molecule has 0 aliphatic rings. The van der Waals surface area contributed by atoms with Gasteiger partial charge in [0.1, 0.15) is 0 Å². The molecule has 0 heterocycles. The molecule has 1 rings (SSSR count). The summed E-state index contributed by atoms with van der Waals surface area (Å²) in [5.41, 5.74) is 5.30. The van der Waals surface area contributed by atoms with Gasteiger partial charge in [0.2, 0.25) is 5.91 Å². The van der Waals surface area contributed by atoms with E-state index >= 15 is 0 Å². The zero-order valence-electron chi connectivity index (χ0n) is 14.4. The van der Waals surface area contributed by atoms with Gasteiger partial charge in [-0.15, -0.1) is 0 Å². The number of carbonyl (C=O) groups excluding carboxylic acids is 1. The van der Waals surface area contributed by atoms with Crippen LogP contribution in [0.1, 0.15) is 55.5 Å². The Labute approximate surface area is 129 Å². The summed E-state index contributed by atoms with van der Waals surface area (Å²) in [7, 11) is 0. The van der Waals surface area contributed by atoms with Gasteiger partial charge in [0.15, 0.2) is 0 Å². The molecule has 118 valence electrons. The molecule has 1 aromatic carbocycles. The van der Waals surface area contributed by atoms with Crippen LogP contribution in [0.15, 0.2) is 12.1 Å². The van der Waals surface area contributed by atoms with Crippen LogP contribution in [-0.2, 0) is 4.79 Å². The van der Waals surface area contributed by atoms with Gasteiger partial charge in [0.05, 0.1) is 0 Å². The average Bonchev–Trinajstić information content (AvgIpc) is 2.38. The Morgan fingerprint density at radius 2 is 1.67 bits per heavy atom. The van der Waals surface area contributed by atoms with Crippen molar-refractivity contribution in [2.75, 3.05) is 19.6 Å². The molecule has 3 heteroatoms. The van der Waals surface area contributed by atoms with Gasteiger partial charge in [-0.1, -0.05) is 17.7 Å². The highest BCUT2D eigenvalue weighted by atomic mass is 16.2. The minimum absolute atomic E-state index is 0.233. The van der Waals surface area contributed by atoms with Crippen LogP contribution in [0.3, 0.4) is 0 Å². The van der Waals surface area contributed by atoms with Gasteiger partial charge < -0.3 is 10.2 Å². The lowest BCUT2D eigenvalue weighted by atomic mass is 9.95. The Balaban J connectivity index is 2.59. The maximum atomic E-state index is 12.0. The standard InChI is InChI=1S/C18H30N2O/c1-7-20(8-2)17(21)9-10-19-16(6)18-14(4)11-13(3)12-15(18)5/h11-12,16,19H,7-10H2,1-6H3. The second-order valence-electron chi connectivity index (χ2n) is 5.80. The van der Waals surface area contributed by atoms with E-state index in [1.807, 2.05) is 18.7 Å². The maximum absolute atomic E-state index is 12.0. The predicted molar refractivity (Wildman–Crippen MR) is 89.6 cm³/mol. The third kappa shape index (κ3) is 4.85. The van der Waals surface area contributed by atoms with Crippen molar-refractivity contribution in [3.63, 3.8) is 0 Å². The van der Waals surface area contributed by atoms with Crippen molar-refractivity contribution in [2.24, 2.45) is 0 Å². The summed E-state index contributed by atoms with van der Waals surface area (Å²) in [6.07, 6.45) is 0.565. The molecule has 0 fully saturated rings. The minimum atomic E-state index is 0.233. The number of rotatable bonds is 7. The third-order valence-electron chi connectivity index (χ3n) is 4.08. The van der Waals surface area contributed by atoms with E-state index in [1.165, 1.54) is 22.3 Å². The first-order chi connectivity index (χ1) is 9.90. The van der Waals surface area contributed by atoms with E-state index in [1.54, 1.807) is 0 Å². The lowest BCUT2D eigenvalue weighted by Gasteiger charge is -2.22. The number of amides is 1. The average molecular weight is 290 g/mol. The molecule has 1 atom stereocenters. The Bertz CT molecular complexity index is 455.